The molecule has 8 rings (SSSR count). The number of fused-ring (bicyclic) bond motifs is 2. The molecule has 0 fully saturated rings. The molecule has 1 aliphatic rings. The Morgan fingerprint density at radius 1 is 0.623 bits per heavy atom. The van der Waals surface area contributed by atoms with Crippen molar-refractivity contribution in [3.8, 4) is 33.6 Å². The Bertz CT molecular complexity index is 2490. The predicted octanol–water partition coefficient (Wildman–Crippen LogP) is 13.5. The van der Waals surface area contributed by atoms with Gasteiger partial charge in [-0.1, -0.05) is 129 Å². The van der Waals surface area contributed by atoms with Gasteiger partial charge in [-0.3, -0.25) is 0 Å². The van der Waals surface area contributed by atoms with Gasteiger partial charge in [0.1, 0.15) is 0 Å². The van der Waals surface area contributed by atoms with E-state index >= 15 is 0 Å². The number of aryl methyl sites for hydroxylation is 1. The molecule has 2 nitrogen and oxygen atoms in total. The third-order valence-electron chi connectivity index (χ3n) is 10.8. The SMILES string of the molecule is C=C/C=C\c1c(C)c2ccccc2n1-c1ccc(-c2ccc(Cc3ccc(-c4ccc(-n5c6c(c(C)c5/C=C\CC)CCC=C6)cc4)cc3)cc2)cc1. The number of benzene rings is 5. The Balaban J connectivity index is 0.966. The van der Waals surface area contributed by atoms with Crippen LogP contribution in [0.25, 0.3) is 62.8 Å². The molecular formula is C51H46N2. The van der Waals surface area contributed by atoms with Crippen molar-refractivity contribution in [1.29, 1.82) is 0 Å². The molecule has 0 bridgehead atoms. The summed E-state index contributed by atoms with van der Waals surface area (Å²) in [5.74, 6) is 0. The zero-order valence-corrected chi connectivity index (χ0v) is 31.0. The molecule has 5 aromatic carbocycles. The van der Waals surface area contributed by atoms with Gasteiger partial charge >= 0.3 is 0 Å². The Morgan fingerprint density at radius 2 is 1.17 bits per heavy atom. The average Bonchev–Trinajstić information content (AvgIpc) is 3.66. The second-order valence-electron chi connectivity index (χ2n) is 14.1. The largest absolute Gasteiger partial charge is 0.310 e. The van der Waals surface area contributed by atoms with Gasteiger partial charge in [0.2, 0.25) is 0 Å². The summed E-state index contributed by atoms with van der Waals surface area (Å²) in [7, 11) is 0. The van der Waals surface area contributed by atoms with Crippen LogP contribution < -0.4 is 0 Å². The highest BCUT2D eigenvalue weighted by Gasteiger charge is 2.20. The Hall–Kier alpha value is -6.12. The van der Waals surface area contributed by atoms with Gasteiger partial charge in [-0.25, -0.2) is 0 Å². The van der Waals surface area contributed by atoms with Crippen molar-refractivity contribution in [2.24, 2.45) is 0 Å². The van der Waals surface area contributed by atoms with E-state index in [1.54, 1.807) is 0 Å². The highest BCUT2D eigenvalue weighted by Crippen LogP contribution is 2.34. The lowest BCUT2D eigenvalue weighted by atomic mass is 9.98. The zero-order valence-electron chi connectivity index (χ0n) is 31.0. The van der Waals surface area contributed by atoms with Gasteiger partial charge in [0.15, 0.2) is 0 Å². The smallest absolute Gasteiger partial charge is 0.0537 e. The van der Waals surface area contributed by atoms with Gasteiger partial charge in [0, 0.05) is 33.8 Å². The number of aromatic nitrogens is 2. The molecule has 0 spiro atoms. The normalized spacial score (nSPS) is 12.7. The van der Waals surface area contributed by atoms with Crippen molar-refractivity contribution in [2.75, 3.05) is 0 Å². The lowest BCUT2D eigenvalue weighted by Crippen LogP contribution is -2.01. The van der Waals surface area contributed by atoms with Crippen molar-refractivity contribution < 1.29 is 0 Å². The molecule has 0 N–H and O–H groups in total. The minimum absolute atomic E-state index is 0.902. The quantitative estimate of drug-likeness (QED) is 0.127. The third kappa shape index (κ3) is 6.58. The number of allylic oxidation sites excluding steroid dienone is 4. The molecule has 2 heteroatoms. The van der Waals surface area contributed by atoms with Gasteiger partial charge in [-0.15, -0.1) is 0 Å². The summed E-state index contributed by atoms with van der Waals surface area (Å²) in [6, 6.07) is 44.7. The number of hydrogen-bond donors (Lipinski definition) is 0. The Kier molecular flexibility index (Phi) is 9.53. The van der Waals surface area contributed by atoms with E-state index in [4.69, 9.17) is 0 Å². The highest BCUT2D eigenvalue weighted by atomic mass is 15.0. The van der Waals surface area contributed by atoms with E-state index in [1.807, 2.05) is 12.2 Å². The first-order valence-corrected chi connectivity index (χ1v) is 18.9. The van der Waals surface area contributed by atoms with Gasteiger partial charge in [0.05, 0.1) is 5.52 Å². The molecule has 53 heavy (non-hydrogen) atoms. The molecule has 0 atom stereocenters. The first-order chi connectivity index (χ1) is 26.0. The van der Waals surface area contributed by atoms with E-state index in [-0.39, 0.29) is 0 Å². The Labute approximate surface area is 314 Å². The summed E-state index contributed by atoms with van der Waals surface area (Å²) >= 11 is 0. The third-order valence-corrected chi connectivity index (χ3v) is 10.8. The van der Waals surface area contributed by atoms with Crippen LogP contribution in [0, 0.1) is 13.8 Å². The van der Waals surface area contributed by atoms with Crippen LogP contribution in [0.4, 0.5) is 0 Å². The number of para-hydroxylation sites is 1. The summed E-state index contributed by atoms with van der Waals surface area (Å²) < 4.78 is 4.78. The van der Waals surface area contributed by atoms with Crippen LogP contribution in [0.5, 0.6) is 0 Å². The topological polar surface area (TPSA) is 9.86 Å². The van der Waals surface area contributed by atoms with Crippen molar-refractivity contribution in [3.05, 3.63) is 197 Å². The lowest BCUT2D eigenvalue weighted by molar-refractivity contribution is 0.953. The average molecular weight is 687 g/mol. The lowest BCUT2D eigenvalue weighted by Gasteiger charge is -2.14. The molecular weight excluding hydrogens is 641 g/mol. The molecule has 2 heterocycles. The number of nitrogens with zero attached hydrogens (tertiary/aromatic N) is 2. The fourth-order valence-electron chi connectivity index (χ4n) is 7.93. The van der Waals surface area contributed by atoms with Crippen LogP contribution in [0.2, 0.25) is 0 Å². The molecule has 7 aromatic rings. The monoisotopic (exact) mass is 686 g/mol. The van der Waals surface area contributed by atoms with Gasteiger partial charge < -0.3 is 9.13 Å². The molecule has 0 radical (unpaired) electrons. The second-order valence-corrected chi connectivity index (χ2v) is 14.1. The molecule has 0 saturated carbocycles. The molecule has 0 amide bonds. The van der Waals surface area contributed by atoms with E-state index in [0.717, 1.165) is 31.4 Å². The van der Waals surface area contributed by atoms with E-state index in [2.05, 4.69) is 188 Å². The summed E-state index contributed by atoms with van der Waals surface area (Å²) in [4.78, 5) is 0. The highest BCUT2D eigenvalue weighted by molar-refractivity contribution is 5.90. The maximum absolute atomic E-state index is 3.88. The fraction of sp³-hybridized carbons (Fsp3) is 0.137. The molecule has 0 saturated heterocycles. The van der Waals surface area contributed by atoms with E-state index in [0.29, 0.717) is 0 Å². The maximum atomic E-state index is 3.88. The predicted molar refractivity (Wildman–Crippen MR) is 228 cm³/mol. The van der Waals surface area contributed by atoms with E-state index < -0.39 is 0 Å². The first-order valence-electron chi connectivity index (χ1n) is 18.9. The first kappa shape index (κ1) is 34.0. The van der Waals surface area contributed by atoms with Crippen LogP contribution in [-0.4, -0.2) is 9.13 Å². The van der Waals surface area contributed by atoms with Gasteiger partial charge in [-0.05, 0) is 138 Å². The number of rotatable bonds is 10. The number of hydrogen-bond acceptors (Lipinski definition) is 0. The zero-order chi connectivity index (χ0) is 36.3. The summed E-state index contributed by atoms with van der Waals surface area (Å²) in [5.41, 5.74) is 19.1. The van der Waals surface area contributed by atoms with Gasteiger partial charge in [-0.2, -0.15) is 0 Å². The maximum Gasteiger partial charge on any atom is 0.0537 e. The summed E-state index contributed by atoms with van der Waals surface area (Å²) in [6.07, 6.45) is 19.3. The molecule has 0 unspecified atom stereocenters. The van der Waals surface area contributed by atoms with Crippen molar-refractivity contribution in [3.63, 3.8) is 0 Å². The van der Waals surface area contributed by atoms with Crippen LogP contribution >= 0.6 is 0 Å². The van der Waals surface area contributed by atoms with Crippen LogP contribution in [0.15, 0.2) is 152 Å². The van der Waals surface area contributed by atoms with Crippen LogP contribution in [0.3, 0.4) is 0 Å². The van der Waals surface area contributed by atoms with Crippen LogP contribution in [0.1, 0.15) is 64.7 Å². The minimum atomic E-state index is 0.902. The van der Waals surface area contributed by atoms with Gasteiger partial charge in [0.25, 0.3) is 0 Å². The Morgan fingerprint density at radius 3 is 1.75 bits per heavy atom. The molecule has 0 aliphatic heterocycles. The van der Waals surface area contributed by atoms with Crippen molar-refractivity contribution in [1.82, 2.24) is 9.13 Å². The second kappa shape index (κ2) is 14.9. The summed E-state index contributed by atoms with van der Waals surface area (Å²) in [6.45, 7) is 10.5. The standard InChI is InChI=1S/C51H46N2/c1-5-7-15-48-36(3)46-13-9-11-17-50(46)52(48)44-31-27-42(28-32-44)40-23-19-38(20-24-40)35-39-21-25-41(26-22-39)43-29-33-45(34-30-43)53-49(16-8-6-2)37(4)47-14-10-12-18-51(47)53/h5,7-9,11-13,15-34H,1,6,10,14,35H2,2-4H3/b15-7-,16-8-. The summed E-state index contributed by atoms with van der Waals surface area (Å²) in [5, 5.41) is 1.27. The van der Waals surface area contributed by atoms with E-state index in [1.165, 1.54) is 83.7 Å². The molecule has 1 aliphatic carbocycles. The van der Waals surface area contributed by atoms with Crippen LogP contribution in [-0.2, 0) is 12.8 Å². The minimum Gasteiger partial charge on any atom is -0.310 e. The fourth-order valence-corrected chi connectivity index (χ4v) is 7.93. The molecule has 2 aromatic heterocycles. The van der Waals surface area contributed by atoms with Crippen molar-refractivity contribution >= 4 is 29.1 Å². The molecule has 260 valence electrons. The van der Waals surface area contributed by atoms with E-state index in [9.17, 15) is 0 Å². The van der Waals surface area contributed by atoms with Crippen molar-refractivity contribution in [2.45, 2.75) is 46.5 Å².